The van der Waals surface area contributed by atoms with Gasteiger partial charge in [0.05, 0.1) is 12.7 Å². The lowest BCUT2D eigenvalue weighted by Crippen LogP contribution is -2.64. The van der Waals surface area contributed by atoms with Gasteiger partial charge in [0, 0.05) is 57.4 Å². The van der Waals surface area contributed by atoms with Crippen LogP contribution in [0.4, 0.5) is 0 Å². The lowest BCUT2D eigenvalue weighted by molar-refractivity contribution is -0.113. The van der Waals surface area contributed by atoms with Crippen LogP contribution in [0.3, 0.4) is 0 Å². The van der Waals surface area contributed by atoms with Gasteiger partial charge in [0.1, 0.15) is 0 Å². The second-order valence-corrected chi connectivity index (χ2v) is 8.54. The molecular formula is C21H42N4O2. The molecule has 6 nitrogen and oxygen atoms in total. The number of ether oxygens (including phenoxy) is 2. The lowest BCUT2D eigenvalue weighted by Gasteiger charge is -2.52. The average Bonchev–Trinajstić information content (AvgIpc) is 2.66. The summed E-state index contributed by atoms with van der Waals surface area (Å²) in [5, 5.41) is 7.36. The van der Waals surface area contributed by atoms with Crippen LogP contribution >= 0.6 is 0 Å². The van der Waals surface area contributed by atoms with Gasteiger partial charge in [-0.3, -0.25) is 4.99 Å². The SMILES string of the molecule is CCCCOC1CC(NC(=NCC)NC2CCN(CCOC)CC2)C1(C)C. The van der Waals surface area contributed by atoms with Crippen LogP contribution in [0.1, 0.15) is 59.8 Å². The first-order valence-corrected chi connectivity index (χ1v) is 10.9. The molecule has 0 aromatic rings. The number of rotatable bonds is 10. The van der Waals surface area contributed by atoms with Crippen molar-refractivity contribution in [1.82, 2.24) is 15.5 Å². The Morgan fingerprint density at radius 2 is 1.89 bits per heavy atom. The zero-order chi connectivity index (χ0) is 19.7. The van der Waals surface area contributed by atoms with E-state index in [2.05, 4.69) is 43.2 Å². The molecule has 158 valence electrons. The Labute approximate surface area is 166 Å². The van der Waals surface area contributed by atoms with Gasteiger partial charge in [-0.15, -0.1) is 0 Å². The maximum atomic E-state index is 6.08. The van der Waals surface area contributed by atoms with Crippen LogP contribution in [0.25, 0.3) is 0 Å². The number of nitrogens with one attached hydrogen (secondary N) is 2. The first kappa shape index (κ1) is 22.4. The molecule has 0 amide bonds. The Bertz CT molecular complexity index is 447. The minimum absolute atomic E-state index is 0.146. The third-order valence-corrected chi connectivity index (χ3v) is 6.16. The molecule has 0 aromatic carbocycles. The summed E-state index contributed by atoms with van der Waals surface area (Å²) in [4.78, 5) is 7.18. The molecule has 2 N–H and O–H groups in total. The minimum Gasteiger partial charge on any atom is -0.383 e. The lowest BCUT2D eigenvalue weighted by atomic mass is 9.64. The number of guanidine groups is 1. The van der Waals surface area contributed by atoms with E-state index in [4.69, 9.17) is 14.5 Å². The topological polar surface area (TPSA) is 58.1 Å². The number of hydrogen-bond donors (Lipinski definition) is 2. The van der Waals surface area contributed by atoms with Crippen molar-refractivity contribution in [2.24, 2.45) is 10.4 Å². The molecule has 1 aliphatic heterocycles. The number of hydrogen-bond acceptors (Lipinski definition) is 4. The Morgan fingerprint density at radius 3 is 2.48 bits per heavy atom. The van der Waals surface area contributed by atoms with Crippen molar-refractivity contribution in [2.45, 2.75) is 78.0 Å². The largest absolute Gasteiger partial charge is 0.383 e. The molecule has 2 unspecified atom stereocenters. The van der Waals surface area contributed by atoms with Crippen LogP contribution < -0.4 is 10.6 Å². The predicted octanol–water partition coefficient (Wildman–Crippen LogP) is 2.64. The molecular weight excluding hydrogens is 340 g/mol. The van der Waals surface area contributed by atoms with Gasteiger partial charge in [-0.05, 0) is 32.6 Å². The number of unbranched alkanes of at least 4 members (excludes halogenated alkanes) is 1. The summed E-state index contributed by atoms with van der Waals surface area (Å²) in [5.41, 5.74) is 0.146. The van der Waals surface area contributed by atoms with Crippen molar-refractivity contribution in [3.05, 3.63) is 0 Å². The highest BCUT2D eigenvalue weighted by Gasteiger charge is 2.49. The van der Waals surface area contributed by atoms with Crippen LogP contribution in [0.15, 0.2) is 4.99 Å². The van der Waals surface area contributed by atoms with Gasteiger partial charge in [0.25, 0.3) is 0 Å². The minimum atomic E-state index is 0.146. The standard InChI is InChI=1S/C21H42N4O2/c1-6-8-14-27-19-16-18(21(19,3)4)24-20(22-7-2)23-17-9-11-25(12-10-17)13-15-26-5/h17-19H,6-16H2,1-5H3,(H2,22,23,24). The van der Waals surface area contributed by atoms with Gasteiger partial charge in [0.2, 0.25) is 0 Å². The summed E-state index contributed by atoms with van der Waals surface area (Å²) in [6, 6.07) is 0.921. The van der Waals surface area contributed by atoms with Crippen LogP contribution in [-0.4, -0.2) is 75.5 Å². The summed E-state index contributed by atoms with van der Waals surface area (Å²) < 4.78 is 11.3. The Morgan fingerprint density at radius 1 is 1.15 bits per heavy atom. The van der Waals surface area contributed by atoms with E-state index in [1.807, 2.05) is 0 Å². The average molecular weight is 383 g/mol. The molecule has 0 aromatic heterocycles. The maximum Gasteiger partial charge on any atom is 0.191 e. The van der Waals surface area contributed by atoms with Crippen molar-refractivity contribution >= 4 is 5.96 Å². The van der Waals surface area contributed by atoms with E-state index in [1.54, 1.807) is 7.11 Å². The molecule has 1 aliphatic carbocycles. The van der Waals surface area contributed by atoms with E-state index >= 15 is 0 Å². The molecule has 2 fully saturated rings. The summed E-state index contributed by atoms with van der Waals surface area (Å²) in [5.74, 6) is 0.970. The smallest absolute Gasteiger partial charge is 0.191 e. The summed E-state index contributed by atoms with van der Waals surface area (Å²) in [6.07, 6.45) is 6.08. The molecule has 2 rings (SSSR count). The maximum absolute atomic E-state index is 6.08. The van der Waals surface area contributed by atoms with Gasteiger partial charge >= 0.3 is 0 Å². The molecule has 1 saturated heterocycles. The monoisotopic (exact) mass is 382 g/mol. The van der Waals surface area contributed by atoms with Crippen molar-refractivity contribution in [3.8, 4) is 0 Å². The molecule has 1 heterocycles. The number of nitrogens with zero attached hydrogens (tertiary/aromatic N) is 2. The molecule has 2 atom stereocenters. The second kappa shape index (κ2) is 11.2. The first-order chi connectivity index (χ1) is 13.0. The van der Waals surface area contributed by atoms with Gasteiger partial charge in [0.15, 0.2) is 5.96 Å². The van der Waals surface area contributed by atoms with E-state index < -0.39 is 0 Å². The van der Waals surface area contributed by atoms with Gasteiger partial charge in [-0.25, -0.2) is 0 Å². The Hall–Kier alpha value is -0.850. The van der Waals surface area contributed by atoms with Gasteiger partial charge in [-0.2, -0.15) is 0 Å². The molecule has 2 aliphatic rings. The molecule has 0 radical (unpaired) electrons. The van der Waals surface area contributed by atoms with E-state index in [0.717, 1.165) is 71.0 Å². The van der Waals surface area contributed by atoms with Crippen LogP contribution in [0.5, 0.6) is 0 Å². The fourth-order valence-electron chi connectivity index (χ4n) is 3.95. The van der Waals surface area contributed by atoms with Gasteiger partial charge < -0.3 is 25.0 Å². The third kappa shape index (κ3) is 6.61. The summed E-state index contributed by atoms with van der Waals surface area (Å²) >= 11 is 0. The fraction of sp³-hybridized carbons (Fsp3) is 0.952. The van der Waals surface area contributed by atoms with Crippen molar-refractivity contribution in [1.29, 1.82) is 0 Å². The fourth-order valence-corrected chi connectivity index (χ4v) is 3.95. The zero-order valence-electron chi connectivity index (χ0n) is 18.2. The Kier molecular flexibility index (Phi) is 9.33. The Balaban J connectivity index is 1.77. The van der Waals surface area contributed by atoms with Crippen LogP contribution in [0, 0.1) is 5.41 Å². The summed E-state index contributed by atoms with van der Waals surface area (Å²) in [7, 11) is 1.77. The summed E-state index contributed by atoms with van der Waals surface area (Å²) in [6.45, 7) is 14.7. The number of methoxy groups -OCH3 is 1. The highest BCUT2D eigenvalue weighted by atomic mass is 16.5. The molecule has 0 spiro atoms. The molecule has 0 bridgehead atoms. The van der Waals surface area contributed by atoms with Crippen LogP contribution in [0.2, 0.25) is 0 Å². The highest BCUT2D eigenvalue weighted by molar-refractivity contribution is 5.80. The number of aliphatic imine (C=N–C) groups is 1. The second-order valence-electron chi connectivity index (χ2n) is 8.54. The molecule has 6 heteroatoms. The molecule has 1 saturated carbocycles. The van der Waals surface area contributed by atoms with E-state index in [-0.39, 0.29) is 5.41 Å². The van der Waals surface area contributed by atoms with E-state index in [9.17, 15) is 0 Å². The number of piperidine rings is 1. The van der Waals surface area contributed by atoms with Gasteiger partial charge in [-0.1, -0.05) is 27.2 Å². The molecule has 27 heavy (non-hydrogen) atoms. The third-order valence-electron chi connectivity index (χ3n) is 6.16. The van der Waals surface area contributed by atoms with Crippen molar-refractivity contribution in [2.75, 3.05) is 46.5 Å². The predicted molar refractivity (Wildman–Crippen MR) is 112 cm³/mol. The zero-order valence-corrected chi connectivity index (χ0v) is 18.2. The quantitative estimate of drug-likeness (QED) is 0.346. The van der Waals surface area contributed by atoms with E-state index in [0.29, 0.717) is 18.2 Å². The first-order valence-electron chi connectivity index (χ1n) is 10.9. The van der Waals surface area contributed by atoms with Crippen molar-refractivity contribution < 1.29 is 9.47 Å². The van der Waals surface area contributed by atoms with Crippen molar-refractivity contribution in [3.63, 3.8) is 0 Å². The van der Waals surface area contributed by atoms with E-state index in [1.165, 1.54) is 6.42 Å². The normalized spacial score (nSPS) is 26.6. The van der Waals surface area contributed by atoms with Crippen LogP contribution in [-0.2, 0) is 9.47 Å². The number of likely N-dealkylation sites (tertiary alicyclic amines) is 1. The highest BCUT2D eigenvalue weighted by Crippen LogP contribution is 2.42.